The van der Waals surface area contributed by atoms with Crippen molar-refractivity contribution in [1.82, 2.24) is 10.3 Å². The molecule has 3 aromatic rings. The normalized spacial score (nSPS) is 10.5. The summed E-state index contributed by atoms with van der Waals surface area (Å²) in [6.07, 6.45) is 2.10. The Morgan fingerprint density at radius 1 is 0.970 bits per heavy atom. The highest BCUT2D eigenvalue weighted by Crippen LogP contribution is 2.28. The van der Waals surface area contributed by atoms with Gasteiger partial charge in [0.05, 0.1) is 26.5 Å². The molecule has 2 N–H and O–H groups in total. The Morgan fingerprint density at radius 2 is 1.79 bits per heavy atom. The van der Waals surface area contributed by atoms with Gasteiger partial charge >= 0.3 is 0 Å². The molecule has 174 valence electrons. The van der Waals surface area contributed by atoms with E-state index in [0.717, 1.165) is 23.2 Å². The minimum Gasteiger partial charge on any atom is -0.493 e. The first-order chi connectivity index (χ1) is 16.1. The zero-order chi connectivity index (χ0) is 23.5. The van der Waals surface area contributed by atoms with Crippen molar-refractivity contribution in [3.8, 4) is 28.6 Å². The van der Waals surface area contributed by atoms with Crippen molar-refractivity contribution in [2.24, 2.45) is 0 Å². The fraction of sp³-hybridized carbons (Fsp3) is 0.308. The highest BCUT2D eigenvalue weighted by molar-refractivity contribution is 5.95. The number of hydrogen-bond donors (Lipinski definition) is 2. The van der Waals surface area contributed by atoms with Gasteiger partial charge in [-0.1, -0.05) is 24.3 Å². The van der Waals surface area contributed by atoms with E-state index in [1.165, 1.54) is 0 Å². The lowest BCUT2D eigenvalue weighted by Gasteiger charge is -2.11. The number of aliphatic hydroxyl groups excluding tert-OH is 1. The molecule has 0 atom stereocenters. The molecule has 1 amide bonds. The Hall–Kier alpha value is -3.58. The van der Waals surface area contributed by atoms with Gasteiger partial charge in [0.2, 0.25) is 5.88 Å². The number of benzene rings is 2. The number of pyridine rings is 1. The number of amides is 1. The molecule has 7 nitrogen and oxygen atoms in total. The molecule has 0 radical (unpaired) electrons. The van der Waals surface area contributed by atoms with E-state index < -0.39 is 0 Å². The zero-order valence-corrected chi connectivity index (χ0v) is 19.0. The molecule has 0 spiro atoms. The Morgan fingerprint density at radius 3 is 2.58 bits per heavy atom. The predicted molar refractivity (Wildman–Crippen MR) is 127 cm³/mol. The van der Waals surface area contributed by atoms with Gasteiger partial charge in [-0.2, -0.15) is 0 Å². The van der Waals surface area contributed by atoms with Gasteiger partial charge in [0, 0.05) is 36.8 Å². The molecule has 0 aliphatic rings. The summed E-state index contributed by atoms with van der Waals surface area (Å²) in [7, 11) is 3.23. The van der Waals surface area contributed by atoms with Crippen LogP contribution in [0.1, 0.15) is 28.8 Å². The third-order valence-corrected chi connectivity index (χ3v) is 5.10. The molecule has 0 saturated carbocycles. The maximum atomic E-state index is 12.4. The number of hydrogen-bond acceptors (Lipinski definition) is 6. The lowest BCUT2D eigenvalue weighted by Crippen LogP contribution is -2.24. The summed E-state index contributed by atoms with van der Waals surface area (Å²) in [6.45, 7) is 1.12. The second-order valence-corrected chi connectivity index (χ2v) is 7.42. The second kappa shape index (κ2) is 12.5. The van der Waals surface area contributed by atoms with E-state index in [1.54, 1.807) is 20.3 Å². The van der Waals surface area contributed by atoms with E-state index in [9.17, 15) is 4.79 Å². The monoisotopic (exact) mass is 450 g/mol. The van der Waals surface area contributed by atoms with Crippen molar-refractivity contribution < 1.29 is 24.1 Å². The Kier molecular flexibility index (Phi) is 9.08. The Labute approximate surface area is 194 Å². The van der Waals surface area contributed by atoms with E-state index >= 15 is 0 Å². The largest absolute Gasteiger partial charge is 0.493 e. The zero-order valence-electron chi connectivity index (χ0n) is 19.0. The van der Waals surface area contributed by atoms with Crippen LogP contribution in [0, 0.1) is 0 Å². The minimum atomic E-state index is -0.142. The molecule has 7 heteroatoms. The maximum Gasteiger partial charge on any atom is 0.251 e. The van der Waals surface area contributed by atoms with Gasteiger partial charge in [-0.25, -0.2) is 4.98 Å². The first kappa shape index (κ1) is 24.1. The van der Waals surface area contributed by atoms with E-state index in [0.29, 0.717) is 48.9 Å². The summed E-state index contributed by atoms with van der Waals surface area (Å²) in [5.74, 6) is 1.76. The van der Waals surface area contributed by atoms with Crippen molar-refractivity contribution in [1.29, 1.82) is 0 Å². The minimum absolute atomic E-state index is 0.129. The van der Waals surface area contributed by atoms with Crippen molar-refractivity contribution >= 4 is 5.91 Å². The van der Waals surface area contributed by atoms with Crippen LogP contribution in [0.15, 0.2) is 60.7 Å². The van der Waals surface area contributed by atoms with Gasteiger partial charge in [-0.15, -0.1) is 0 Å². The van der Waals surface area contributed by atoms with Crippen LogP contribution in [-0.4, -0.2) is 50.0 Å². The number of aliphatic hydroxyl groups is 1. The summed E-state index contributed by atoms with van der Waals surface area (Å²) >= 11 is 0. The highest BCUT2D eigenvalue weighted by Gasteiger charge is 2.09. The fourth-order valence-corrected chi connectivity index (χ4v) is 3.33. The molecule has 0 aliphatic carbocycles. The predicted octanol–water partition coefficient (Wildman–Crippen LogP) is 3.89. The van der Waals surface area contributed by atoms with Crippen molar-refractivity contribution in [2.45, 2.75) is 19.3 Å². The van der Waals surface area contributed by atoms with Gasteiger partial charge in [0.1, 0.15) is 0 Å². The van der Waals surface area contributed by atoms with Crippen molar-refractivity contribution in [3.63, 3.8) is 0 Å². The number of unbranched alkanes of at least 4 members (excludes halogenated alkanes) is 1. The average molecular weight is 451 g/mol. The molecule has 33 heavy (non-hydrogen) atoms. The molecule has 0 bridgehead atoms. The van der Waals surface area contributed by atoms with E-state index in [2.05, 4.69) is 10.3 Å². The number of carbonyl (C=O) groups excluding carboxylic acids is 1. The SMILES string of the molecule is COc1ccc(CCOc2cccc(-c3cccc(C(=O)NCCCCO)c3)n2)cc1OC. The summed E-state index contributed by atoms with van der Waals surface area (Å²) < 4.78 is 16.5. The molecule has 0 fully saturated rings. The van der Waals surface area contributed by atoms with Crippen molar-refractivity contribution in [3.05, 3.63) is 71.8 Å². The van der Waals surface area contributed by atoms with Gasteiger partial charge in [-0.3, -0.25) is 4.79 Å². The molecular weight excluding hydrogens is 420 g/mol. The first-order valence-corrected chi connectivity index (χ1v) is 10.9. The van der Waals surface area contributed by atoms with Gasteiger partial charge in [0.25, 0.3) is 5.91 Å². The van der Waals surface area contributed by atoms with Gasteiger partial charge in [-0.05, 0) is 48.7 Å². The van der Waals surface area contributed by atoms with E-state index in [-0.39, 0.29) is 12.5 Å². The van der Waals surface area contributed by atoms with Crippen LogP contribution in [-0.2, 0) is 6.42 Å². The third kappa shape index (κ3) is 6.95. The molecule has 1 aromatic heterocycles. The van der Waals surface area contributed by atoms with Crippen LogP contribution >= 0.6 is 0 Å². The molecule has 0 unspecified atom stereocenters. The highest BCUT2D eigenvalue weighted by atomic mass is 16.5. The van der Waals surface area contributed by atoms with Crippen molar-refractivity contribution in [2.75, 3.05) is 34.0 Å². The standard InChI is InChI=1S/C26H30N2O5/c1-31-23-12-11-19(17-24(23)32-2)13-16-33-25-10-6-9-22(28-25)20-7-5-8-21(18-20)26(30)27-14-3-4-15-29/h5-12,17-18,29H,3-4,13-16H2,1-2H3,(H,27,30). The summed E-state index contributed by atoms with van der Waals surface area (Å²) in [5.41, 5.74) is 3.21. The van der Waals surface area contributed by atoms with Crippen LogP contribution in [0.25, 0.3) is 11.3 Å². The van der Waals surface area contributed by atoms with Crippen LogP contribution in [0.2, 0.25) is 0 Å². The number of aromatic nitrogens is 1. The number of nitrogens with zero attached hydrogens (tertiary/aromatic N) is 1. The molecule has 0 aliphatic heterocycles. The topological polar surface area (TPSA) is 89.9 Å². The quantitative estimate of drug-likeness (QED) is 0.407. The first-order valence-electron chi connectivity index (χ1n) is 10.9. The number of rotatable bonds is 12. The lowest BCUT2D eigenvalue weighted by molar-refractivity contribution is 0.0952. The van der Waals surface area contributed by atoms with Gasteiger partial charge < -0.3 is 24.6 Å². The van der Waals surface area contributed by atoms with Crippen LogP contribution < -0.4 is 19.5 Å². The summed E-state index contributed by atoms with van der Waals surface area (Å²) in [4.78, 5) is 17.0. The van der Waals surface area contributed by atoms with Crippen LogP contribution in [0.3, 0.4) is 0 Å². The summed E-state index contributed by atoms with van der Waals surface area (Å²) in [5, 5.41) is 11.7. The Balaban J connectivity index is 1.61. The smallest absolute Gasteiger partial charge is 0.251 e. The lowest BCUT2D eigenvalue weighted by atomic mass is 10.1. The number of ether oxygens (including phenoxy) is 3. The third-order valence-electron chi connectivity index (χ3n) is 5.10. The van der Waals surface area contributed by atoms with E-state index in [1.807, 2.05) is 54.6 Å². The molecule has 0 saturated heterocycles. The number of carbonyl (C=O) groups is 1. The summed E-state index contributed by atoms with van der Waals surface area (Å²) in [6, 6.07) is 18.7. The maximum absolute atomic E-state index is 12.4. The van der Waals surface area contributed by atoms with Crippen LogP contribution in [0.5, 0.6) is 17.4 Å². The van der Waals surface area contributed by atoms with E-state index in [4.69, 9.17) is 19.3 Å². The van der Waals surface area contributed by atoms with Gasteiger partial charge in [0.15, 0.2) is 11.5 Å². The molecule has 3 rings (SSSR count). The fourth-order valence-electron chi connectivity index (χ4n) is 3.33. The van der Waals surface area contributed by atoms with Crippen LogP contribution in [0.4, 0.5) is 0 Å². The Bertz CT molecular complexity index is 1050. The molecule has 1 heterocycles. The molecular formula is C26H30N2O5. The molecule has 2 aromatic carbocycles. The number of methoxy groups -OCH3 is 2. The number of nitrogens with one attached hydrogen (secondary N) is 1. The second-order valence-electron chi connectivity index (χ2n) is 7.42. The average Bonchev–Trinajstić information content (AvgIpc) is 2.86.